The molecule has 23 heavy (non-hydrogen) atoms. The van der Waals surface area contributed by atoms with Gasteiger partial charge in [0, 0.05) is 23.3 Å². The number of rotatable bonds is 6. The number of aromatic nitrogens is 1. The van der Waals surface area contributed by atoms with Crippen molar-refractivity contribution in [2.45, 2.75) is 13.3 Å². The van der Waals surface area contributed by atoms with Crippen molar-refractivity contribution in [1.29, 1.82) is 0 Å². The summed E-state index contributed by atoms with van der Waals surface area (Å²) in [5.74, 6) is -0.920. The van der Waals surface area contributed by atoms with E-state index in [0.717, 1.165) is 41.8 Å². The van der Waals surface area contributed by atoms with Gasteiger partial charge >= 0.3 is 35.5 Å². The summed E-state index contributed by atoms with van der Waals surface area (Å²) >= 11 is 0. The molecule has 0 radical (unpaired) electrons. The van der Waals surface area contributed by atoms with E-state index in [-0.39, 0.29) is 40.6 Å². The van der Waals surface area contributed by atoms with Crippen molar-refractivity contribution in [3.63, 3.8) is 0 Å². The summed E-state index contributed by atoms with van der Waals surface area (Å²) in [6.45, 7) is 3.79. The largest absolute Gasteiger partial charge is 1.00 e. The summed E-state index contributed by atoms with van der Waals surface area (Å²) < 4.78 is 0. The van der Waals surface area contributed by atoms with E-state index >= 15 is 0 Å². The van der Waals surface area contributed by atoms with Crippen LogP contribution in [0.2, 0.25) is 0 Å². The van der Waals surface area contributed by atoms with Gasteiger partial charge in [-0.2, -0.15) is 0 Å². The first-order valence-electron chi connectivity index (χ1n) is 7.00. The topological polar surface area (TPSA) is 95.5 Å². The number of hydrogen-bond donors (Lipinski definition) is 2. The molecule has 0 fully saturated rings. The van der Waals surface area contributed by atoms with Gasteiger partial charge in [0.2, 0.25) is 0 Å². The van der Waals surface area contributed by atoms with Crippen LogP contribution in [0.1, 0.15) is 22.5 Å². The molecule has 1 aromatic carbocycles. The average molecular weight is 327 g/mol. The third-order valence-corrected chi connectivity index (χ3v) is 3.28. The number of aryl methyl sites for hydroxylation is 1. The minimum Gasteiger partial charge on any atom is -0.870 e. The number of anilines is 1. The van der Waals surface area contributed by atoms with Crippen molar-refractivity contribution in [2.75, 3.05) is 32.5 Å². The summed E-state index contributed by atoms with van der Waals surface area (Å²) in [5, 5.41) is 13.4. The van der Waals surface area contributed by atoms with Gasteiger partial charge in [0.05, 0.1) is 11.1 Å². The molecule has 0 saturated heterocycles. The third-order valence-electron chi connectivity index (χ3n) is 3.28. The second-order valence-corrected chi connectivity index (χ2v) is 5.43. The number of nitrogens with one attached hydrogen (secondary N) is 1. The zero-order valence-electron chi connectivity index (χ0n) is 14.1. The minimum absolute atomic E-state index is 0. The Morgan fingerprint density at radius 1 is 1.30 bits per heavy atom. The molecule has 0 atom stereocenters. The molecule has 6 nitrogen and oxygen atoms in total. The molecule has 120 valence electrons. The summed E-state index contributed by atoms with van der Waals surface area (Å²) in [7, 11) is 4.09. The van der Waals surface area contributed by atoms with E-state index in [4.69, 9.17) is 5.11 Å². The van der Waals surface area contributed by atoms with Gasteiger partial charge in [-0.1, -0.05) is 0 Å². The Bertz CT molecular complexity index is 662. The SMILES string of the molecule is Cc1cc(NCCCN(C)C)c2cc(C(=O)O)ccc2n1.[Na+].[OH-]. The summed E-state index contributed by atoms with van der Waals surface area (Å²) in [6.07, 6.45) is 1.02. The monoisotopic (exact) mass is 327 g/mol. The van der Waals surface area contributed by atoms with E-state index in [9.17, 15) is 4.79 Å². The van der Waals surface area contributed by atoms with E-state index in [0.29, 0.717) is 0 Å². The van der Waals surface area contributed by atoms with Gasteiger partial charge in [0.1, 0.15) is 0 Å². The van der Waals surface area contributed by atoms with Crippen LogP contribution in [0.4, 0.5) is 5.69 Å². The van der Waals surface area contributed by atoms with E-state index in [1.807, 2.05) is 27.1 Å². The van der Waals surface area contributed by atoms with Gasteiger partial charge in [0.25, 0.3) is 0 Å². The molecule has 1 aromatic heterocycles. The number of pyridine rings is 1. The van der Waals surface area contributed by atoms with Gasteiger partial charge in [-0.3, -0.25) is 4.98 Å². The molecule has 0 saturated carbocycles. The predicted molar refractivity (Wildman–Crippen MR) is 87.0 cm³/mol. The molecular weight excluding hydrogens is 305 g/mol. The van der Waals surface area contributed by atoms with Crippen LogP contribution in [-0.2, 0) is 0 Å². The van der Waals surface area contributed by atoms with Crippen LogP contribution in [0.5, 0.6) is 0 Å². The number of aromatic carboxylic acids is 1. The van der Waals surface area contributed by atoms with E-state index in [1.54, 1.807) is 18.2 Å². The average Bonchev–Trinajstić information content (AvgIpc) is 2.42. The maximum Gasteiger partial charge on any atom is 1.00 e. The normalized spacial score (nSPS) is 10.1. The molecule has 0 aliphatic rings. The zero-order chi connectivity index (χ0) is 15.4. The predicted octanol–water partition coefficient (Wildman–Crippen LogP) is -0.568. The van der Waals surface area contributed by atoms with Crippen LogP contribution in [0.3, 0.4) is 0 Å². The van der Waals surface area contributed by atoms with Crippen molar-refractivity contribution in [3.8, 4) is 0 Å². The van der Waals surface area contributed by atoms with Gasteiger partial charge in [0.15, 0.2) is 0 Å². The van der Waals surface area contributed by atoms with Crippen molar-refractivity contribution < 1.29 is 44.9 Å². The molecular formula is C16H22N3NaO3. The van der Waals surface area contributed by atoms with Crippen LogP contribution in [0.15, 0.2) is 24.3 Å². The fraction of sp³-hybridized carbons (Fsp3) is 0.375. The fourth-order valence-corrected chi connectivity index (χ4v) is 2.26. The number of carboxylic acids is 1. The van der Waals surface area contributed by atoms with E-state index in [2.05, 4.69) is 15.2 Å². The van der Waals surface area contributed by atoms with Gasteiger partial charge in [-0.25, -0.2) is 4.79 Å². The Morgan fingerprint density at radius 3 is 2.61 bits per heavy atom. The number of fused-ring (bicyclic) bond motifs is 1. The van der Waals surface area contributed by atoms with Gasteiger partial charge in [-0.05, 0) is 58.3 Å². The standard InChI is InChI=1S/C16H21N3O2.Na.H2O/c1-11-9-15(17-7-4-8-19(2)3)13-10-12(16(20)21)5-6-14(13)18-11;;/h5-6,9-10H,4,7-8H2,1-3H3,(H,17,18)(H,20,21);;1H2/q;+1;/p-1. The Morgan fingerprint density at radius 2 is 2.00 bits per heavy atom. The molecule has 1 heterocycles. The molecule has 0 unspecified atom stereocenters. The molecule has 0 aliphatic carbocycles. The van der Waals surface area contributed by atoms with Crippen LogP contribution in [0, 0.1) is 6.92 Å². The van der Waals surface area contributed by atoms with Gasteiger partial charge < -0.3 is 20.8 Å². The smallest absolute Gasteiger partial charge is 0.870 e. The maximum atomic E-state index is 11.1. The minimum atomic E-state index is -0.920. The zero-order valence-corrected chi connectivity index (χ0v) is 16.1. The molecule has 2 aromatic rings. The number of hydrogen-bond acceptors (Lipinski definition) is 5. The van der Waals surface area contributed by atoms with Crippen LogP contribution < -0.4 is 34.9 Å². The number of benzene rings is 1. The first kappa shape index (κ1) is 21.8. The summed E-state index contributed by atoms with van der Waals surface area (Å²) in [5.41, 5.74) is 2.96. The third kappa shape index (κ3) is 6.08. The van der Waals surface area contributed by atoms with Crippen LogP contribution in [0.25, 0.3) is 10.9 Å². The maximum absolute atomic E-state index is 11.1. The molecule has 0 aliphatic heterocycles. The molecule has 2 rings (SSSR count). The second-order valence-electron chi connectivity index (χ2n) is 5.43. The molecule has 0 amide bonds. The van der Waals surface area contributed by atoms with Crippen molar-refractivity contribution >= 4 is 22.6 Å². The fourth-order valence-electron chi connectivity index (χ4n) is 2.26. The molecule has 0 spiro atoms. The van der Waals surface area contributed by atoms with Crippen molar-refractivity contribution in [2.24, 2.45) is 0 Å². The van der Waals surface area contributed by atoms with E-state index < -0.39 is 5.97 Å². The number of nitrogens with zero attached hydrogens (tertiary/aromatic N) is 2. The molecule has 7 heteroatoms. The van der Waals surface area contributed by atoms with Gasteiger partial charge in [-0.15, -0.1) is 0 Å². The van der Waals surface area contributed by atoms with Crippen molar-refractivity contribution in [1.82, 2.24) is 9.88 Å². The van der Waals surface area contributed by atoms with Crippen molar-refractivity contribution in [3.05, 3.63) is 35.5 Å². The summed E-state index contributed by atoms with van der Waals surface area (Å²) in [6, 6.07) is 6.99. The Balaban J connectivity index is 0.00000242. The Kier molecular flexibility index (Phi) is 9.34. The quantitative estimate of drug-likeness (QED) is 0.545. The van der Waals surface area contributed by atoms with Crippen LogP contribution >= 0.6 is 0 Å². The first-order chi connectivity index (χ1) is 9.97. The number of carbonyl (C=O) groups is 1. The Labute approximate surface area is 158 Å². The Hall–Kier alpha value is -1.18. The first-order valence-corrected chi connectivity index (χ1v) is 7.00. The molecule has 0 bridgehead atoms. The van der Waals surface area contributed by atoms with Crippen LogP contribution in [-0.4, -0.2) is 53.6 Å². The number of carboxylic acid groups (broad SMARTS) is 1. The summed E-state index contributed by atoms with van der Waals surface area (Å²) in [4.78, 5) is 17.7. The second kappa shape index (κ2) is 9.85. The molecule has 3 N–H and O–H groups in total. The van der Waals surface area contributed by atoms with E-state index in [1.165, 1.54) is 0 Å².